The molecule has 3 aromatic carbocycles. The summed E-state index contributed by atoms with van der Waals surface area (Å²) in [5, 5.41) is 7.69. The van der Waals surface area contributed by atoms with Crippen molar-refractivity contribution in [3.63, 3.8) is 0 Å². The maximum Gasteiger partial charge on any atom is 0.490 e. The summed E-state index contributed by atoms with van der Waals surface area (Å²) in [5.41, 5.74) is 4.41. The summed E-state index contributed by atoms with van der Waals surface area (Å²) in [4.78, 5) is 45.8. The number of carbonyl (C=O) groups is 3. The first kappa shape index (κ1) is 30.6. The van der Waals surface area contributed by atoms with Crippen molar-refractivity contribution in [1.29, 1.82) is 0 Å². The molecule has 2 aliphatic rings. The highest BCUT2D eigenvalue weighted by Crippen LogP contribution is 2.28. The Morgan fingerprint density at radius 1 is 0.976 bits per heavy atom. The first-order valence-corrected chi connectivity index (χ1v) is 13.5. The van der Waals surface area contributed by atoms with Gasteiger partial charge in [0.25, 0.3) is 5.91 Å². The number of amidine groups is 1. The van der Waals surface area contributed by atoms with Crippen LogP contribution in [0.2, 0.25) is 5.02 Å². The van der Waals surface area contributed by atoms with Gasteiger partial charge in [-0.15, -0.1) is 0 Å². The van der Waals surface area contributed by atoms with Crippen LogP contribution in [0.5, 0.6) is 0 Å². The second kappa shape index (κ2) is 13.1. The zero-order chi connectivity index (χ0) is 30.4. The highest BCUT2D eigenvalue weighted by molar-refractivity contribution is 6.30. The molecule has 0 aliphatic carbocycles. The molecule has 12 heteroatoms. The molecule has 3 aromatic rings. The maximum atomic E-state index is 13.4. The fourth-order valence-electron chi connectivity index (χ4n) is 4.65. The number of benzene rings is 3. The summed E-state index contributed by atoms with van der Waals surface area (Å²) in [6.07, 6.45) is -5.08. The molecule has 220 valence electrons. The number of anilines is 1. The summed E-state index contributed by atoms with van der Waals surface area (Å²) < 4.78 is 31.7. The molecule has 0 fully saturated rings. The van der Waals surface area contributed by atoms with E-state index in [2.05, 4.69) is 41.1 Å². The Morgan fingerprint density at radius 3 is 2.24 bits per heavy atom. The van der Waals surface area contributed by atoms with Crippen molar-refractivity contribution in [1.82, 2.24) is 9.80 Å². The van der Waals surface area contributed by atoms with E-state index in [-0.39, 0.29) is 18.4 Å². The number of fused-ring (bicyclic) bond motifs is 1. The van der Waals surface area contributed by atoms with Gasteiger partial charge in [0.05, 0.1) is 13.1 Å². The predicted molar refractivity (Wildman–Crippen MR) is 153 cm³/mol. The van der Waals surface area contributed by atoms with Crippen LogP contribution in [0.3, 0.4) is 0 Å². The van der Waals surface area contributed by atoms with Gasteiger partial charge in [0.2, 0.25) is 5.91 Å². The normalized spacial score (nSPS) is 14.9. The predicted octanol–water partition coefficient (Wildman–Crippen LogP) is 5.24. The third-order valence-corrected chi connectivity index (χ3v) is 7.01. The van der Waals surface area contributed by atoms with Crippen molar-refractivity contribution in [2.24, 2.45) is 4.99 Å². The van der Waals surface area contributed by atoms with Crippen LogP contribution in [0.25, 0.3) is 0 Å². The van der Waals surface area contributed by atoms with Gasteiger partial charge < -0.3 is 19.8 Å². The SMILES string of the molecule is CCN1CCN=C1c1ccc(CN2C(=O)CN(C(=O)c3ccc(Cl)cc3)Cc3ccccc32)cc1.O=C(O)C(F)(F)F. The number of para-hydroxylation sites is 1. The number of amides is 2. The number of rotatable bonds is 5. The van der Waals surface area contributed by atoms with E-state index in [9.17, 15) is 22.8 Å². The van der Waals surface area contributed by atoms with E-state index in [0.29, 0.717) is 23.7 Å². The minimum atomic E-state index is -5.08. The Morgan fingerprint density at radius 2 is 1.62 bits per heavy atom. The van der Waals surface area contributed by atoms with Gasteiger partial charge >= 0.3 is 12.1 Å². The Labute approximate surface area is 245 Å². The fraction of sp³-hybridized carbons (Fsp3) is 0.267. The van der Waals surface area contributed by atoms with Gasteiger partial charge in [-0.3, -0.25) is 14.6 Å². The summed E-state index contributed by atoms with van der Waals surface area (Å²) in [6, 6.07) is 22.8. The van der Waals surface area contributed by atoms with Crippen LogP contribution in [-0.2, 0) is 22.7 Å². The Bertz CT molecular complexity index is 1480. The molecule has 42 heavy (non-hydrogen) atoms. The molecule has 0 saturated heterocycles. The van der Waals surface area contributed by atoms with Crippen LogP contribution in [0, 0.1) is 0 Å². The highest BCUT2D eigenvalue weighted by atomic mass is 35.5. The van der Waals surface area contributed by atoms with Crippen molar-refractivity contribution >= 4 is 40.9 Å². The number of aliphatic imine (C=N–C) groups is 1. The van der Waals surface area contributed by atoms with Gasteiger partial charge in [-0.25, -0.2) is 4.79 Å². The van der Waals surface area contributed by atoms with Gasteiger partial charge in [0, 0.05) is 41.5 Å². The molecule has 0 saturated carbocycles. The molecule has 0 aromatic heterocycles. The third-order valence-electron chi connectivity index (χ3n) is 6.76. The minimum absolute atomic E-state index is 0.0104. The second-order valence-electron chi connectivity index (χ2n) is 9.56. The van der Waals surface area contributed by atoms with Gasteiger partial charge in [-0.05, 0) is 48.4 Å². The molecule has 0 radical (unpaired) electrons. The first-order chi connectivity index (χ1) is 20.0. The zero-order valence-corrected chi connectivity index (χ0v) is 23.4. The quantitative estimate of drug-likeness (QED) is 0.432. The Hall–Kier alpha value is -4.38. The molecule has 2 heterocycles. The van der Waals surface area contributed by atoms with Crippen LogP contribution in [0.1, 0.15) is 34.0 Å². The maximum absolute atomic E-state index is 13.4. The zero-order valence-electron chi connectivity index (χ0n) is 22.6. The Kier molecular flexibility index (Phi) is 9.52. The lowest BCUT2D eigenvalue weighted by Crippen LogP contribution is -2.39. The number of carbonyl (C=O) groups excluding carboxylic acids is 2. The lowest BCUT2D eigenvalue weighted by atomic mass is 10.1. The molecule has 0 bridgehead atoms. The molecule has 1 N–H and O–H groups in total. The van der Waals surface area contributed by atoms with Crippen molar-refractivity contribution in [3.05, 3.63) is 100 Å². The van der Waals surface area contributed by atoms with Gasteiger partial charge in [-0.2, -0.15) is 13.2 Å². The number of carboxylic acid groups (broad SMARTS) is 1. The van der Waals surface area contributed by atoms with Crippen molar-refractivity contribution in [2.75, 3.05) is 31.1 Å². The number of halogens is 4. The van der Waals surface area contributed by atoms with E-state index >= 15 is 0 Å². The average Bonchev–Trinajstić information content (AvgIpc) is 3.40. The first-order valence-electron chi connectivity index (χ1n) is 13.1. The topological polar surface area (TPSA) is 93.5 Å². The molecule has 8 nitrogen and oxygen atoms in total. The number of alkyl halides is 3. The van der Waals surface area contributed by atoms with Crippen LogP contribution in [-0.4, -0.2) is 70.9 Å². The molecule has 5 rings (SSSR count). The number of likely N-dealkylation sites (N-methyl/N-ethyl adjacent to an activating group) is 1. The van der Waals surface area contributed by atoms with E-state index in [0.717, 1.165) is 47.8 Å². The average molecular weight is 601 g/mol. The molecule has 2 aliphatic heterocycles. The van der Waals surface area contributed by atoms with Crippen LogP contribution >= 0.6 is 11.6 Å². The highest BCUT2D eigenvalue weighted by Gasteiger charge is 2.38. The fourth-order valence-corrected chi connectivity index (χ4v) is 4.78. The number of hydrogen-bond acceptors (Lipinski definition) is 5. The molecular weight excluding hydrogens is 573 g/mol. The van der Waals surface area contributed by atoms with Crippen molar-refractivity contribution in [2.45, 2.75) is 26.2 Å². The number of carboxylic acids is 1. The molecule has 0 atom stereocenters. The van der Waals surface area contributed by atoms with Gasteiger partial charge in [-0.1, -0.05) is 54.1 Å². The van der Waals surface area contributed by atoms with Crippen LogP contribution in [0.15, 0.2) is 77.8 Å². The molecular formula is C30H28ClF3N4O4. The molecule has 0 unspecified atom stereocenters. The van der Waals surface area contributed by atoms with Crippen LogP contribution in [0.4, 0.5) is 18.9 Å². The van der Waals surface area contributed by atoms with Gasteiger partial charge in [0.15, 0.2) is 0 Å². The summed E-state index contributed by atoms with van der Waals surface area (Å²) in [6.45, 7) is 5.67. The number of hydrogen-bond donors (Lipinski definition) is 1. The summed E-state index contributed by atoms with van der Waals surface area (Å²) in [5.74, 6) is -2.02. The van der Waals surface area contributed by atoms with E-state index < -0.39 is 12.1 Å². The van der Waals surface area contributed by atoms with Crippen LogP contribution < -0.4 is 4.90 Å². The van der Waals surface area contributed by atoms with Crippen molar-refractivity contribution < 1.29 is 32.7 Å². The summed E-state index contributed by atoms with van der Waals surface area (Å²) in [7, 11) is 0. The standard InChI is InChI=1S/C28H27ClN4O2.C2HF3O2/c1-2-31-16-15-30-27(31)21-9-7-20(8-10-21)17-33-25-6-4-3-5-23(25)18-32(19-26(33)34)28(35)22-11-13-24(29)14-12-22;3-2(4,5)1(6)7/h3-14H,2,15-19H2,1H3;(H,6,7). The lowest BCUT2D eigenvalue weighted by molar-refractivity contribution is -0.192. The third kappa shape index (κ3) is 7.27. The smallest absolute Gasteiger partial charge is 0.475 e. The van der Waals surface area contributed by atoms with E-state index in [4.69, 9.17) is 21.5 Å². The monoisotopic (exact) mass is 600 g/mol. The largest absolute Gasteiger partial charge is 0.490 e. The van der Waals surface area contributed by atoms with E-state index in [1.165, 1.54) is 0 Å². The number of aliphatic carboxylic acids is 1. The lowest BCUT2D eigenvalue weighted by Gasteiger charge is -2.23. The van der Waals surface area contributed by atoms with E-state index in [1.807, 2.05) is 24.3 Å². The van der Waals surface area contributed by atoms with Crippen molar-refractivity contribution in [3.8, 4) is 0 Å². The second-order valence-corrected chi connectivity index (χ2v) is 10.00. The Balaban J connectivity index is 0.000000517. The summed E-state index contributed by atoms with van der Waals surface area (Å²) >= 11 is 5.98. The number of nitrogens with zero attached hydrogens (tertiary/aromatic N) is 4. The van der Waals surface area contributed by atoms with E-state index in [1.54, 1.807) is 34.1 Å². The molecule has 2 amide bonds. The molecule has 0 spiro atoms. The minimum Gasteiger partial charge on any atom is -0.475 e. The van der Waals surface area contributed by atoms with Gasteiger partial charge in [0.1, 0.15) is 12.4 Å².